The molecular formula is C23H32N4. The van der Waals surface area contributed by atoms with E-state index in [9.17, 15) is 0 Å². The molecule has 3 fully saturated rings. The minimum atomic E-state index is 0.692. The van der Waals surface area contributed by atoms with Gasteiger partial charge in [0.2, 0.25) is 0 Å². The number of aryl methyl sites for hydroxylation is 1. The third-order valence-electron chi connectivity index (χ3n) is 6.93. The summed E-state index contributed by atoms with van der Waals surface area (Å²) in [6.07, 6.45) is 8.12. The van der Waals surface area contributed by atoms with Crippen LogP contribution in [0.5, 0.6) is 0 Å². The Bertz CT molecular complexity index is 811. The Morgan fingerprint density at radius 1 is 1.07 bits per heavy atom. The lowest BCUT2D eigenvalue weighted by molar-refractivity contribution is 0.230. The fourth-order valence-corrected chi connectivity index (χ4v) is 5.35. The van der Waals surface area contributed by atoms with E-state index in [0.29, 0.717) is 6.04 Å². The van der Waals surface area contributed by atoms with Crippen LogP contribution in [0.1, 0.15) is 49.7 Å². The quantitative estimate of drug-likeness (QED) is 0.893. The van der Waals surface area contributed by atoms with Crippen molar-refractivity contribution in [2.45, 2.75) is 64.1 Å². The van der Waals surface area contributed by atoms with Crippen LogP contribution in [-0.4, -0.2) is 48.1 Å². The largest absolute Gasteiger partial charge is 0.353 e. The third-order valence-corrected chi connectivity index (χ3v) is 6.93. The monoisotopic (exact) mass is 364 g/mol. The summed E-state index contributed by atoms with van der Waals surface area (Å²) in [4.78, 5) is 10.5. The Kier molecular flexibility index (Phi) is 4.78. The molecule has 144 valence electrons. The molecule has 2 aromatic rings. The molecule has 3 aliphatic rings. The number of fused-ring (bicyclic) bond motifs is 2. The summed E-state index contributed by atoms with van der Waals surface area (Å²) < 4.78 is 0. The molecule has 0 amide bonds. The van der Waals surface area contributed by atoms with Gasteiger partial charge in [-0.3, -0.25) is 4.90 Å². The molecule has 3 heterocycles. The standard InChI is InChI=1S/C23H32N4/c1-17-6-4-7-18-14-19(15-24-20-8-2-3-9-20)23(25-22(17)18)27-13-12-26-11-5-10-21(26)16-27/h4,6-7,14,20-21,24H,2-3,5,8-13,15-16H2,1H3/t21-/m1/s1. The maximum Gasteiger partial charge on any atom is 0.133 e. The summed E-state index contributed by atoms with van der Waals surface area (Å²) in [5, 5.41) is 5.11. The topological polar surface area (TPSA) is 31.4 Å². The van der Waals surface area contributed by atoms with E-state index in [1.54, 1.807) is 0 Å². The van der Waals surface area contributed by atoms with Crippen molar-refractivity contribution in [3.63, 3.8) is 0 Å². The van der Waals surface area contributed by atoms with Gasteiger partial charge in [-0.05, 0) is 50.8 Å². The van der Waals surface area contributed by atoms with Crippen LogP contribution < -0.4 is 10.2 Å². The number of nitrogens with zero attached hydrogens (tertiary/aromatic N) is 3. The molecule has 5 rings (SSSR count). The Morgan fingerprint density at radius 2 is 1.96 bits per heavy atom. The van der Waals surface area contributed by atoms with Crippen LogP contribution >= 0.6 is 0 Å². The van der Waals surface area contributed by atoms with E-state index in [4.69, 9.17) is 4.98 Å². The Hall–Kier alpha value is -1.65. The summed E-state index contributed by atoms with van der Waals surface area (Å²) >= 11 is 0. The van der Waals surface area contributed by atoms with Gasteiger partial charge in [-0.1, -0.05) is 31.0 Å². The summed E-state index contributed by atoms with van der Waals surface area (Å²) in [6, 6.07) is 10.4. The smallest absolute Gasteiger partial charge is 0.133 e. The van der Waals surface area contributed by atoms with Gasteiger partial charge in [-0.15, -0.1) is 0 Å². The highest BCUT2D eigenvalue weighted by Gasteiger charge is 2.32. The van der Waals surface area contributed by atoms with Gasteiger partial charge in [-0.25, -0.2) is 4.98 Å². The molecule has 1 N–H and O–H groups in total. The molecule has 1 aliphatic carbocycles. The molecule has 27 heavy (non-hydrogen) atoms. The summed E-state index contributed by atoms with van der Waals surface area (Å²) in [6.45, 7) is 7.86. The van der Waals surface area contributed by atoms with E-state index in [1.807, 2.05) is 0 Å². The van der Waals surface area contributed by atoms with Crippen molar-refractivity contribution in [3.05, 3.63) is 35.4 Å². The number of piperazine rings is 1. The van der Waals surface area contributed by atoms with Crippen LogP contribution in [0.15, 0.2) is 24.3 Å². The van der Waals surface area contributed by atoms with Crippen LogP contribution in [0.3, 0.4) is 0 Å². The van der Waals surface area contributed by atoms with Crippen LogP contribution in [0.2, 0.25) is 0 Å². The van der Waals surface area contributed by atoms with E-state index < -0.39 is 0 Å². The predicted molar refractivity (Wildman–Crippen MR) is 112 cm³/mol. The molecule has 0 unspecified atom stereocenters. The first-order valence-electron chi connectivity index (χ1n) is 10.9. The van der Waals surface area contributed by atoms with Crippen molar-refractivity contribution in [2.24, 2.45) is 0 Å². The van der Waals surface area contributed by atoms with Gasteiger partial charge >= 0.3 is 0 Å². The number of anilines is 1. The van der Waals surface area contributed by atoms with E-state index >= 15 is 0 Å². The van der Waals surface area contributed by atoms with Crippen molar-refractivity contribution in [1.29, 1.82) is 0 Å². The van der Waals surface area contributed by atoms with E-state index in [2.05, 4.69) is 46.3 Å². The fraction of sp³-hybridized carbons (Fsp3) is 0.609. The Morgan fingerprint density at radius 3 is 2.85 bits per heavy atom. The van der Waals surface area contributed by atoms with Crippen molar-refractivity contribution in [1.82, 2.24) is 15.2 Å². The second-order valence-corrected chi connectivity index (χ2v) is 8.76. The zero-order valence-electron chi connectivity index (χ0n) is 16.6. The Labute approximate surface area is 162 Å². The average molecular weight is 365 g/mol. The second-order valence-electron chi connectivity index (χ2n) is 8.76. The van der Waals surface area contributed by atoms with Gasteiger partial charge in [0, 0.05) is 49.2 Å². The van der Waals surface area contributed by atoms with Gasteiger partial charge in [0.25, 0.3) is 0 Å². The van der Waals surface area contributed by atoms with Crippen molar-refractivity contribution in [3.8, 4) is 0 Å². The van der Waals surface area contributed by atoms with Gasteiger partial charge in [0.1, 0.15) is 5.82 Å². The number of rotatable bonds is 4. The van der Waals surface area contributed by atoms with Crippen molar-refractivity contribution < 1.29 is 0 Å². The lowest BCUT2D eigenvalue weighted by atomic mass is 10.1. The minimum Gasteiger partial charge on any atom is -0.353 e. The van der Waals surface area contributed by atoms with Crippen molar-refractivity contribution >= 4 is 16.7 Å². The highest BCUT2D eigenvalue weighted by molar-refractivity contribution is 5.84. The molecule has 1 aromatic carbocycles. The molecule has 4 heteroatoms. The van der Waals surface area contributed by atoms with Gasteiger partial charge in [0.05, 0.1) is 5.52 Å². The van der Waals surface area contributed by atoms with E-state index in [-0.39, 0.29) is 0 Å². The molecule has 0 spiro atoms. The predicted octanol–water partition coefficient (Wildman–Crippen LogP) is 3.86. The highest BCUT2D eigenvalue weighted by atomic mass is 15.3. The zero-order chi connectivity index (χ0) is 18.2. The summed E-state index contributed by atoms with van der Waals surface area (Å²) in [5.41, 5.74) is 3.83. The molecular weight excluding hydrogens is 332 g/mol. The molecule has 2 aliphatic heterocycles. The first-order valence-corrected chi connectivity index (χ1v) is 10.9. The average Bonchev–Trinajstić information content (AvgIpc) is 3.37. The number of pyridine rings is 1. The maximum atomic E-state index is 5.23. The number of hydrogen-bond donors (Lipinski definition) is 1. The van der Waals surface area contributed by atoms with Gasteiger partial charge < -0.3 is 10.2 Å². The number of nitrogens with one attached hydrogen (secondary N) is 1. The van der Waals surface area contributed by atoms with E-state index in [1.165, 1.54) is 79.5 Å². The molecule has 4 nitrogen and oxygen atoms in total. The number of aromatic nitrogens is 1. The second kappa shape index (κ2) is 7.40. The minimum absolute atomic E-state index is 0.692. The normalized spacial score (nSPS) is 24.0. The number of hydrogen-bond acceptors (Lipinski definition) is 4. The number of benzene rings is 1. The first-order chi connectivity index (χ1) is 13.3. The summed E-state index contributed by atoms with van der Waals surface area (Å²) in [7, 11) is 0. The molecule has 1 aromatic heterocycles. The molecule has 1 saturated carbocycles. The number of para-hydroxylation sites is 1. The van der Waals surface area contributed by atoms with Crippen LogP contribution in [0, 0.1) is 6.92 Å². The van der Waals surface area contributed by atoms with Crippen molar-refractivity contribution in [2.75, 3.05) is 31.1 Å². The van der Waals surface area contributed by atoms with Crippen LogP contribution in [0.4, 0.5) is 5.82 Å². The molecule has 2 saturated heterocycles. The lowest BCUT2D eigenvalue weighted by Crippen LogP contribution is -2.50. The van der Waals surface area contributed by atoms with Crippen LogP contribution in [0.25, 0.3) is 10.9 Å². The third kappa shape index (κ3) is 3.45. The summed E-state index contributed by atoms with van der Waals surface area (Å²) in [5.74, 6) is 1.23. The molecule has 0 bridgehead atoms. The van der Waals surface area contributed by atoms with Gasteiger partial charge in [-0.2, -0.15) is 0 Å². The van der Waals surface area contributed by atoms with Crippen LogP contribution in [-0.2, 0) is 6.54 Å². The lowest BCUT2D eigenvalue weighted by Gasteiger charge is -2.39. The highest BCUT2D eigenvalue weighted by Crippen LogP contribution is 2.30. The Balaban J connectivity index is 1.47. The zero-order valence-corrected chi connectivity index (χ0v) is 16.6. The first kappa shape index (κ1) is 17.4. The SMILES string of the molecule is Cc1cccc2cc(CNC3CCCC3)c(N3CCN4CCC[C@@H]4C3)nc12. The van der Waals surface area contributed by atoms with Gasteiger partial charge in [0.15, 0.2) is 0 Å². The van der Waals surface area contributed by atoms with E-state index in [0.717, 1.165) is 25.7 Å². The molecule has 1 atom stereocenters. The molecule has 0 radical (unpaired) electrons. The maximum absolute atomic E-state index is 5.23. The fourth-order valence-electron chi connectivity index (χ4n) is 5.35.